The van der Waals surface area contributed by atoms with E-state index in [9.17, 15) is 4.79 Å². The highest BCUT2D eigenvalue weighted by Crippen LogP contribution is 2.01. The Balaban J connectivity index is 3.76. The molecule has 0 spiro atoms. The van der Waals surface area contributed by atoms with Crippen molar-refractivity contribution in [1.82, 2.24) is 0 Å². The lowest BCUT2D eigenvalue weighted by Gasteiger charge is -2.04. The second-order valence-electron chi connectivity index (χ2n) is 1.84. The van der Waals surface area contributed by atoms with Crippen LogP contribution in [0.1, 0.15) is 16.5 Å². The third-order valence-electron chi connectivity index (χ3n) is 0.990. The summed E-state index contributed by atoms with van der Waals surface area (Å²) in [5, 5.41) is 8.81. The van der Waals surface area contributed by atoms with Gasteiger partial charge in [-0.05, 0) is 11.9 Å². The smallest absolute Gasteiger partial charge is 0.320 e. The van der Waals surface area contributed by atoms with Crippen molar-refractivity contribution in [3.05, 3.63) is 35.8 Å². The molecule has 64 valence electrons. The highest BCUT2D eigenvalue weighted by atomic mass is 16.4. The van der Waals surface area contributed by atoms with Gasteiger partial charge in [0.1, 0.15) is 6.02 Å². The molecule has 0 aliphatic rings. The van der Waals surface area contributed by atoms with Gasteiger partial charge in [0.15, 0.2) is 0 Å². The summed E-state index contributed by atoms with van der Waals surface area (Å²) in [4.78, 5) is 10.9. The molecule has 12 heavy (non-hydrogen) atoms. The average Bonchev–Trinajstić information content (AvgIpc) is 2.33. The normalized spacial score (nSPS) is 25.8. The molecule has 1 rings (SSSR count). The Morgan fingerprint density at radius 2 is 2.33 bits per heavy atom. The molecule has 1 aromatic carbocycles. The average molecular weight is 173 g/mol. The fourth-order valence-corrected chi connectivity index (χ4v) is 0.501. The van der Waals surface area contributed by atoms with E-state index < -0.39 is 54.1 Å². The molecule has 3 heteroatoms. The Bertz CT molecular complexity index is 557. The fourth-order valence-electron chi connectivity index (χ4n) is 0.501. The zero-order valence-electron chi connectivity index (χ0n) is 13.9. The van der Waals surface area contributed by atoms with Gasteiger partial charge in [-0.3, -0.25) is 4.79 Å². The van der Waals surface area contributed by atoms with Crippen molar-refractivity contribution in [2.45, 2.75) is 12.4 Å². The minimum absolute atomic E-state index is 0.748. The van der Waals surface area contributed by atoms with Gasteiger partial charge in [0, 0.05) is 2.74 Å². The maximum absolute atomic E-state index is 10.9. The molecule has 0 aliphatic carbocycles. The zero-order chi connectivity index (χ0) is 16.0. The summed E-state index contributed by atoms with van der Waals surface area (Å²) in [6.45, 7) is 0. The number of aliphatic carboxylic acids is 1. The van der Waals surface area contributed by atoms with Crippen LogP contribution in [0.2, 0.25) is 0 Å². The molecule has 1 aromatic rings. The van der Waals surface area contributed by atoms with E-state index in [-0.39, 0.29) is 0 Å². The number of benzene rings is 1. The van der Waals surface area contributed by atoms with E-state index in [4.69, 9.17) is 21.8 Å². The van der Waals surface area contributed by atoms with Crippen LogP contribution in [0.25, 0.3) is 0 Å². The van der Waals surface area contributed by atoms with E-state index in [0.29, 0.717) is 0 Å². The fraction of sp³-hybridized carbons (Fsp3) is 0.222. The van der Waals surface area contributed by atoms with Crippen molar-refractivity contribution < 1.29 is 20.9 Å². The van der Waals surface area contributed by atoms with E-state index in [1.54, 1.807) is 0 Å². The van der Waals surface area contributed by atoms with Crippen LogP contribution in [0.4, 0.5) is 0 Å². The number of nitrogens with two attached hydrogens (primary N) is 1. The molecule has 0 bridgehead atoms. The number of hydrogen-bond donors (Lipinski definition) is 2. The number of hydrogen-bond acceptors (Lipinski definition) is 2. The molecule has 3 N–H and O–H groups in total. The number of carbonyl (C=O) groups is 1. The lowest BCUT2D eigenvalue weighted by Crippen LogP contribution is -2.32. The van der Waals surface area contributed by atoms with Crippen molar-refractivity contribution in [2.24, 2.45) is 5.73 Å². The first kappa shape index (κ1) is 2.85. The molecular formula is C9H11NO2. The molecule has 3 nitrogen and oxygen atoms in total. The molecule has 0 aromatic heterocycles. The van der Waals surface area contributed by atoms with Crippen molar-refractivity contribution in [2.75, 3.05) is 0 Å². The summed E-state index contributed by atoms with van der Waals surface area (Å²) in [5.41, 5.74) is 4.15. The lowest BCUT2D eigenvalue weighted by atomic mass is 10.1. The van der Waals surface area contributed by atoms with Crippen LogP contribution in [-0.2, 0) is 11.2 Å². The van der Waals surface area contributed by atoms with Crippen LogP contribution in [0.15, 0.2) is 30.2 Å². The monoisotopic (exact) mass is 173 g/mol. The van der Waals surface area contributed by atoms with Crippen molar-refractivity contribution >= 4 is 5.97 Å². The predicted octanol–water partition coefficient (Wildman–Crippen LogP) is 0.641. The van der Waals surface area contributed by atoms with Crippen molar-refractivity contribution in [3.63, 3.8) is 0 Å². The van der Waals surface area contributed by atoms with E-state index in [2.05, 4.69) is 0 Å². The largest absolute Gasteiger partial charge is 0.480 e. The molecule has 1 unspecified atom stereocenters. The number of rotatable bonds is 3. The molecule has 0 fully saturated rings. The molecule has 0 aliphatic heterocycles. The Morgan fingerprint density at radius 3 is 2.83 bits per heavy atom. The molecule has 1 atom stereocenters. The lowest BCUT2D eigenvalue weighted by molar-refractivity contribution is -0.138. The quantitative estimate of drug-likeness (QED) is 0.705. The first-order valence-electron chi connectivity index (χ1n) is 6.97. The van der Waals surface area contributed by atoms with Crippen LogP contribution in [-0.4, -0.2) is 17.1 Å². The Kier molecular flexibility index (Phi) is 0.921. The number of carboxylic acids is 1. The van der Waals surface area contributed by atoms with Crippen LogP contribution in [0.5, 0.6) is 0 Å². The maximum Gasteiger partial charge on any atom is 0.320 e. The summed E-state index contributed by atoms with van der Waals surface area (Å²) in [7, 11) is 0. The maximum atomic E-state index is 10.9. The minimum Gasteiger partial charge on any atom is -0.480 e. The highest BCUT2D eigenvalue weighted by Gasteiger charge is 2.10. The molecule has 0 amide bonds. The minimum atomic E-state index is -3.21. The topological polar surface area (TPSA) is 63.3 Å². The van der Waals surface area contributed by atoms with E-state index in [1.807, 2.05) is 0 Å². The molecular weight excluding hydrogens is 154 g/mol. The Morgan fingerprint density at radius 1 is 1.75 bits per heavy atom. The first-order chi connectivity index (χ1) is 8.87. The SMILES string of the molecule is [2H]c1c([2H])c([2H])c(C([2H])([2H])C([2H])(N)C(=O)O)c([2H])c1[2H]. The van der Waals surface area contributed by atoms with Crippen LogP contribution >= 0.6 is 0 Å². The Hall–Kier alpha value is -1.35. The predicted molar refractivity (Wildman–Crippen MR) is 45.8 cm³/mol. The zero-order valence-corrected chi connectivity index (χ0v) is 5.93. The second kappa shape index (κ2) is 3.88. The van der Waals surface area contributed by atoms with E-state index >= 15 is 0 Å². The van der Waals surface area contributed by atoms with Crippen LogP contribution < -0.4 is 5.73 Å². The van der Waals surface area contributed by atoms with Gasteiger partial charge in [-0.1, -0.05) is 30.2 Å². The summed E-state index contributed by atoms with van der Waals surface area (Å²) in [6.07, 6.45) is -3.19. The summed E-state index contributed by atoms with van der Waals surface area (Å²) in [5.74, 6) is -2.02. The number of carboxylic acid groups (broad SMARTS) is 1. The van der Waals surface area contributed by atoms with Gasteiger partial charge >= 0.3 is 5.97 Å². The third-order valence-corrected chi connectivity index (χ3v) is 0.990. The molecule has 0 saturated heterocycles. The molecule has 0 saturated carbocycles. The van der Waals surface area contributed by atoms with Gasteiger partial charge in [-0.2, -0.15) is 0 Å². The highest BCUT2D eigenvalue weighted by molar-refractivity contribution is 5.73. The van der Waals surface area contributed by atoms with Crippen LogP contribution in [0, 0.1) is 0 Å². The summed E-state index contributed by atoms with van der Waals surface area (Å²) >= 11 is 0. The van der Waals surface area contributed by atoms with Gasteiger partial charge in [0.2, 0.25) is 0 Å². The Labute approximate surface area is 82.1 Å². The van der Waals surface area contributed by atoms with Gasteiger partial charge in [-0.25, -0.2) is 0 Å². The van der Waals surface area contributed by atoms with Gasteiger partial charge in [0.05, 0.1) is 8.22 Å². The second-order valence-corrected chi connectivity index (χ2v) is 1.84. The van der Waals surface area contributed by atoms with Crippen LogP contribution in [0.3, 0.4) is 0 Å². The summed E-state index contributed by atoms with van der Waals surface area (Å²) < 4.78 is 60.0. The standard InChI is InChI=1S/C9H11NO2/c10-8(9(11)12)6-7-4-2-1-3-5-7/h1-5,8H,6,10H2,(H,11,12)/i1D,2D,3D,4D,5D,6D2,8D. The molecule has 0 heterocycles. The van der Waals surface area contributed by atoms with Gasteiger partial charge < -0.3 is 10.8 Å². The van der Waals surface area contributed by atoms with E-state index in [1.165, 1.54) is 0 Å². The van der Waals surface area contributed by atoms with Crippen molar-refractivity contribution in [1.29, 1.82) is 0 Å². The van der Waals surface area contributed by atoms with E-state index in [0.717, 1.165) is 0 Å². The first-order valence-corrected chi connectivity index (χ1v) is 2.97. The molecule has 0 radical (unpaired) electrons. The third kappa shape index (κ3) is 2.36. The van der Waals surface area contributed by atoms with Gasteiger partial charge in [0.25, 0.3) is 0 Å². The van der Waals surface area contributed by atoms with Gasteiger partial charge in [-0.15, -0.1) is 0 Å². The van der Waals surface area contributed by atoms with Crippen molar-refractivity contribution in [3.8, 4) is 0 Å². The summed E-state index contributed by atoms with van der Waals surface area (Å²) in [6, 6.07) is -7.46.